The number of halogens is 1. The Kier molecular flexibility index (Phi) is 18.5. The molecule has 7 rings (SSSR count). The third-order valence-electron chi connectivity index (χ3n) is 10.2. The zero-order valence-electron chi connectivity index (χ0n) is 35.0. The number of benzene rings is 2. The molecule has 0 atom stereocenters. The van der Waals surface area contributed by atoms with Gasteiger partial charge in [-0.05, 0) is 91.9 Å². The van der Waals surface area contributed by atoms with Crippen molar-refractivity contribution in [1.82, 2.24) is 29.7 Å². The number of rotatable bonds is 19. The summed E-state index contributed by atoms with van der Waals surface area (Å²) in [5.41, 5.74) is 12.3. The molecule has 0 radical (unpaired) electrons. The number of ether oxygens (including phenoxy) is 4. The first-order valence-electron chi connectivity index (χ1n) is 20.8. The summed E-state index contributed by atoms with van der Waals surface area (Å²) in [5.74, 6) is 1.27. The smallest absolute Gasteiger partial charge is 0.318 e. The molecule has 0 bridgehead atoms. The average molecular weight is 911 g/mol. The number of hydrogen-bond donors (Lipinski definition) is 2. The van der Waals surface area contributed by atoms with E-state index < -0.39 is 0 Å². The van der Waals surface area contributed by atoms with Crippen LogP contribution in [0.25, 0.3) is 0 Å². The standard InChI is InChI=1S/C22H28N4O3.C20H29N5O2.CH3I/c1-28-12-13-29-22-23-15-19-14-20(27)26(21(19)24-22)16-18-6-4-17(5-7-18)8-11-25-9-2-3-10-25;1-26-12-13-27-20-23-15-18(21)19(24-20)22-14-17-6-4-16(5-7-17)8-11-25-9-2-3-10-25;1-2/h4-7,15H,2-3,8-14,16H2,1H3;4-7,15H,2-3,8-14,21H2,1H3,(H,22,23,24);1H3/i;;1D. The third-order valence-corrected chi connectivity index (χ3v) is 10.2. The number of nitrogens with zero attached hydrogens (tertiary/aromatic N) is 7. The fourth-order valence-electron chi connectivity index (χ4n) is 6.96. The number of anilines is 3. The van der Waals surface area contributed by atoms with Gasteiger partial charge in [-0.25, -0.2) is 9.97 Å². The van der Waals surface area contributed by atoms with Crippen LogP contribution in [0.2, 0.25) is 0 Å². The highest BCUT2D eigenvalue weighted by Crippen LogP contribution is 2.29. The van der Waals surface area contributed by atoms with Crippen molar-refractivity contribution < 1.29 is 25.1 Å². The van der Waals surface area contributed by atoms with E-state index in [1.165, 1.54) is 68.6 Å². The Bertz CT molecular complexity index is 1830. The quantitative estimate of drug-likeness (QED) is 0.0682. The molecular formula is C43H60IN9O5. The molecule has 15 heteroatoms. The highest BCUT2D eigenvalue weighted by atomic mass is 127. The molecule has 5 heterocycles. The molecule has 58 heavy (non-hydrogen) atoms. The average Bonchev–Trinajstić information content (AvgIpc) is 4.04. The molecule has 2 fully saturated rings. The number of aromatic nitrogens is 4. The van der Waals surface area contributed by atoms with Gasteiger partial charge in [0.15, 0.2) is 5.82 Å². The number of alkyl halides is 1. The summed E-state index contributed by atoms with van der Waals surface area (Å²) in [6, 6.07) is 17.9. The minimum atomic E-state index is 0.0430. The highest BCUT2D eigenvalue weighted by molar-refractivity contribution is 14.1. The van der Waals surface area contributed by atoms with Gasteiger partial charge in [0.2, 0.25) is 5.91 Å². The van der Waals surface area contributed by atoms with Gasteiger partial charge in [-0.15, -0.1) is 0 Å². The molecule has 3 aliphatic rings. The van der Waals surface area contributed by atoms with Crippen LogP contribution < -0.4 is 25.4 Å². The molecule has 4 aromatic rings. The predicted octanol–water partition coefficient (Wildman–Crippen LogP) is 5.62. The fourth-order valence-corrected chi connectivity index (χ4v) is 6.96. The van der Waals surface area contributed by atoms with Gasteiger partial charge in [-0.3, -0.25) is 9.69 Å². The lowest BCUT2D eigenvalue weighted by molar-refractivity contribution is -0.117. The van der Waals surface area contributed by atoms with E-state index in [1.54, 1.807) is 31.5 Å². The van der Waals surface area contributed by atoms with Crippen molar-refractivity contribution in [1.29, 1.82) is 0 Å². The summed E-state index contributed by atoms with van der Waals surface area (Å²) in [5, 5.41) is 3.26. The zero-order chi connectivity index (χ0) is 41.7. The zero-order valence-corrected chi connectivity index (χ0v) is 36.2. The molecule has 0 saturated carbocycles. The first-order valence-corrected chi connectivity index (χ1v) is 21.6. The molecule has 0 aliphatic carbocycles. The Labute approximate surface area is 358 Å². The summed E-state index contributed by atoms with van der Waals surface area (Å²) in [6.07, 6.45) is 11.1. The van der Waals surface area contributed by atoms with Crippen molar-refractivity contribution in [3.63, 3.8) is 0 Å². The number of nitrogens with one attached hydrogen (secondary N) is 1. The summed E-state index contributed by atoms with van der Waals surface area (Å²) >= 11 is 1.96. The minimum Gasteiger partial charge on any atom is -0.461 e. The van der Waals surface area contributed by atoms with Crippen LogP contribution in [-0.4, -0.2) is 120 Å². The van der Waals surface area contributed by atoms with Crippen molar-refractivity contribution >= 4 is 45.8 Å². The Hall–Kier alpha value is -4.16. The summed E-state index contributed by atoms with van der Waals surface area (Å²) < 4.78 is 27.1. The molecule has 0 spiro atoms. The molecule has 2 saturated heterocycles. The monoisotopic (exact) mass is 910 g/mol. The van der Waals surface area contributed by atoms with E-state index in [0.717, 1.165) is 37.1 Å². The summed E-state index contributed by atoms with van der Waals surface area (Å²) in [7, 11) is 3.24. The SMILES string of the molecule is COCCOc1ncc(N)c(NCc2ccc(CCN3CCCC3)cc2)n1.COCCOc1ncc2c(n1)N(Cc1ccc(CCN3CCCC3)cc1)C(=O)C2.[2H]CI. The molecule has 314 valence electrons. The van der Waals surface area contributed by atoms with Gasteiger partial charge in [-0.2, -0.15) is 9.97 Å². The number of likely N-dealkylation sites (tertiary alicyclic amines) is 2. The fraction of sp³-hybridized carbons (Fsp3) is 0.512. The molecule has 2 aromatic heterocycles. The maximum Gasteiger partial charge on any atom is 0.318 e. The maximum absolute atomic E-state index is 12.5. The molecular weight excluding hydrogens is 849 g/mol. The molecule has 0 unspecified atom stereocenters. The topological polar surface area (TPSA) is 153 Å². The molecule has 3 aliphatic heterocycles. The second-order valence-corrected chi connectivity index (χ2v) is 14.4. The van der Waals surface area contributed by atoms with E-state index in [4.69, 9.17) is 26.1 Å². The minimum absolute atomic E-state index is 0.0430. The second kappa shape index (κ2) is 24.7. The van der Waals surface area contributed by atoms with Crippen LogP contribution in [-0.2, 0) is 46.6 Å². The van der Waals surface area contributed by atoms with Crippen LogP contribution in [0.3, 0.4) is 0 Å². The summed E-state index contributed by atoms with van der Waals surface area (Å²) in [6.45, 7) is 10.1. The Morgan fingerprint density at radius 1 is 0.741 bits per heavy atom. The number of fused-ring (bicyclic) bond motifs is 1. The normalized spacial score (nSPS) is 15.3. The van der Waals surface area contributed by atoms with Crippen molar-refractivity contribution in [3.05, 3.63) is 88.7 Å². The van der Waals surface area contributed by atoms with Crippen LogP contribution in [0.15, 0.2) is 60.9 Å². The highest BCUT2D eigenvalue weighted by Gasteiger charge is 2.30. The van der Waals surface area contributed by atoms with Crippen LogP contribution in [0.4, 0.5) is 17.3 Å². The predicted molar refractivity (Wildman–Crippen MR) is 237 cm³/mol. The van der Waals surface area contributed by atoms with Gasteiger partial charge in [0.25, 0.3) is 0 Å². The number of carbonyl (C=O) groups is 1. The molecule has 3 N–H and O–H groups in total. The van der Waals surface area contributed by atoms with Gasteiger partial charge in [0.05, 0.1) is 38.1 Å². The number of nitrogens with two attached hydrogens (primary N) is 1. The number of hydrogen-bond acceptors (Lipinski definition) is 13. The van der Waals surface area contributed by atoms with E-state index in [0.29, 0.717) is 74.2 Å². The van der Waals surface area contributed by atoms with Gasteiger partial charge in [0, 0.05) is 47.0 Å². The lowest BCUT2D eigenvalue weighted by Crippen LogP contribution is -2.26. The first kappa shape index (κ1) is 43.4. The van der Waals surface area contributed by atoms with E-state index >= 15 is 0 Å². The Morgan fingerprint density at radius 3 is 1.79 bits per heavy atom. The van der Waals surface area contributed by atoms with Crippen LogP contribution in [0.1, 0.15) is 54.9 Å². The summed E-state index contributed by atoms with van der Waals surface area (Å²) in [4.78, 5) is 36.8. The first-order chi connectivity index (χ1) is 28.9. The van der Waals surface area contributed by atoms with Gasteiger partial charge >= 0.3 is 12.0 Å². The van der Waals surface area contributed by atoms with E-state index in [9.17, 15) is 4.79 Å². The van der Waals surface area contributed by atoms with Crippen molar-refractivity contribution in [2.24, 2.45) is 0 Å². The van der Waals surface area contributed by atoms with E-state index in [1.807, 2.05) is 22.6 Å². The molecule has 1 amide bonds. The lowest BCUT2D eigenvalue weighted by atomic mass is 10.1. The number of carbonyl (C=O) groups excluding carboxylic acids is 1. The molecule has 14 nitrogen and oxygen atoms in total. The van der Waals surface area contributed by atoms with Gasteiger partial charge in [-0.1, -0.05) is 71.1 Å². The van der Waals surface area contributed by atoms with Crippen molar-refractivity contribution in [3.8, 4) is 12.0 Å². The number of methoxy groups -OCH3 is 2. The van der Waals surface area contributed by atoms with Crippen molar-refractivity contribution in [2.75, 3.05) is 101 Å². The Balaban J connectivity index is 0.000000211. The van der Waals surface area contributed by atoms with Crippen LogP contribution >= 0.6 is 22.6 Å². The number of amides is 1. The van der Waals surface area contributed by atoms with Crippen molar-refractivity contribution in [2.45, 2.75) is 58.0 Å². The molecule has 2 aromatic carbocycles. The van der Waals surface area contributed by atoms with Gasteiger partial charge in [0.1, 0.15) is 19.0 Å². The second-order valence-electron chi connectivity index (χ2n) is 14.4. The lowest BCUT2D eigenvalue weighted by Gasteiger charge is -2.17. The van der Waals surface area contributed by atoms with E-state index in [2.05, 4.69) is 83.6 Å². The van der Waals surface area contributed by atoms with Crippen LogP contribution in [0, 0.1) is 0 Å². The maximum atomic E-state index is 12.5. The Morgan fingerprint density at radius 2 is 1.24 bits per heavy atom. The number of nitrogen functional groups attached to an aromatic ring is 1. The largest absolute Gasteiger partial charge is 0.461 e. The third kappa shape index (κ3) is 14.3. The van der Waals surface area contributed by atoms with Gasteiger partial charge < -0.3 is 39.8 Å². The van der Waals surface area contributed by atoms with Crippen LogP contribution in [0.5, 0.6) is 12.0 Å². The van der Waals surface area contributed by atoms with E-state index in [-0.39, 0.29) is 11.9 Å².